The molecular weight excluding hydrogens is 258 g/mol. The second kappa shape index (κ2) is 7.06. The Balaban J connectivity index is 2.90. The van der Waals surface area contributed by atoms with Crippen molar-refractivity contribution >= 4 is 17.3 Å². The largest absolute Gasteiger partial charge is 0.465 e. The fourth-order valence-corrected chi connectivity index (χ4v) is 2.86. The van der Waals surface area contributed by atoms with Crippen molar-refractivity contribution < 1.29 is 9.53 Å². The first-order chi connectivity index (χ1) is 8.90. The standard InChI is InChI=1S/C15H25NO2S/c1-6-10-16-13(14(17)18-7-2)11-8-9-12(19-11)15(3,4)5/h8-9,13,16H,6-7,10H2,1-5H3. The van der Waals surface area contributed by atoms with Crippen molar-refractivity contribution in [2.24, 2.45) is 0 Å². The number of hydrogen-bond acceptors (Lipinski definition) is 4. The van der Waals surface area contributed by atoms with Crippen molar-refractivity contribution in [3.8, 4) is 0 Å². The van der Waals surface area contributed by atoms with Gasteiger partial charge in [0.15, 0.2) is 0 Å². The van der Waals surface area contributed by atoms with Crippen LogP contribution in [0, 0.1) is 0 Å². The molecule has 0 bridgehead atoms. The van der Waals surface area contributed by atoms with Crippen molar-refractivity contribution in [3.63, 3.8) is 0 Å². The topological polar surface area (TPSA) is 38.3 Å². The minimum Gasteiger partial charge on any atom is -0.465 e. The Morgan fingerprint density at radius 1 is 1.37 bits per heavy atom. The monoisotopic (exact) mass is 283 g/mol. The summed E-state index contributed by atoms with van der Waals surface area (Å²) in [6, 6.07) is 3.82. The Labute approximate surface area is 120 Å². The third kappa shape index (κ3) is 4.62. The zero-order chi connectivity index (χ0) is 14.5. The third-order valence-electron chi connectivity index (χ3n) is 2.77. The molecule has 0 spiro atoms. The van der Waals surface area contributed by atoms with Crippen molar-refractivity contribution in [3.05, 3.63) is 21.9 Å². The predicted molar refractivity (Wildman–Crippen MR) is 80.7 cm³/mol. The molecule has 1 heterocycles. The van der Waals surface area contributed by atoms with Gasteiger partial charge in [0, 0.05) is 9.75 Å². The van der Waals surface area contributed by atoms with Gasteiger partial charge in [0.1, 0.15) is 6.04 Å². The van der Waals surface area contributed by atoms with Crippen molar-refractivity contribution in [2.45, 2.75) is 52.5 Å². The molecule has 19 heavy (non-hydrogen) atoms. The van der Waals surface area contributed by atoms with Crippen LogP contribution in [-0.2, 0) is 14.9 Å². The fraction of sp³-hybridized carbons (Fsp3) is 0.667. The number of esters is 1. The van der Waals surface area contributed by atoms with Gasteiger partial charge in [-0.05, 0) is 37.4 Å². The average Bonchev–Trinajstić information content (AvgIpc) is 2.79. The van der Waals surface area contributed by atoms with E-state index in [9.17, 15) is 4.79 Å². The van der Waals surface area contributed by atoms with Crippen LogP contribution in [-0.4, -0.2) is 19.1 Å². The molecule has 0 fully saturated rings. The van der Waals surface area contributed by atoms with Crippen LogP contribution in [0.5, 0.6) is 0 Å². The number of carbonyl (C=O) groups is 1. The molecule has 4 heteroatoms. The van der Waals surface area contributed by atoms with Gasteiger partial charge in [0.2, 0.25) is 0 Å². The summed E-state index contributed by atoms with van der Waals surface area (Å²) >= 11 is 1.69. The van der Waals surface area contributed by atoms with E-state index in [4.69, 9.17) is 4.74 Å². The molecule has 0 radical (unpaired) electrons. The van der Waals surface area contributed by atoms with Crippen LogP contribution < -0.4 is 5.32 Å². The summed E-state index contributed by atoms with van der Waals surface area (Å²) < 4.78 is 5.16. The Kier molecular flexibility index (Phi) is 6.01. The highest BCUT2D eigenvalue weighted by molar-refractivity contribution is 7.12. The Bertz CT molecular complexity index is 407. The Hall–Kier alpha value is -0.870. The molecule has 0 aliphatic carbocycles. The number of carbonyl (C=O) groups excluding carboxylic acids is 1. The maximum absolute atomic E-state index is 12.0. The molecule has 0 aromatic carbocycles. The lowest BCUT2D eigenvalue weighted by molar-refractivity contribution is -0.145. The molecule has 0 saturated heterocycles. The molecule has 1 rings (SSSR count). The van der Waals surface area contributed by atoms with Gasteiger partial charge in [-0.1, -0.05) is 27.7 Å². The molecule has 0 aliphatic heterocycles. The normalized spacial score (nSPS) is 13.3. The SMILES string of the molecule is CCCNC(C(=O)OCC)c1ccc(C(C)(C)C)s1. The molecule has 1 N–H and O–H groups in total. The first-order valence-corrected chi connectivity index (χ1v) is 7.72. The highest BCUT2D eigenvalue weighted by Gasteiger charge is 2.25. The van der Waals surface area contributed by atoms with Crippen LogP contribution in [0.1, 0.15) is 56.8 Å². The van der Waals surface area contributed by atoms with E-state index in [-0.39, 0.29) is 17.4 Å². The summed E-state index contributed by atoms with van der Waals surface area (Å²) in [5.41, 5.74) is 0.118. The van der Waals surface area contributed by atoms with Gasteiger partial charge in [0.25, 0.3) is 0 Å². The summed E-state index contributed by atoms with van der Waals surface area (Å²) in [5.74, 6) is -0.182. The summed E-state index contributed by atoms with van der Waals surface area (Å²) in [5, 5.41) is 3.27. The minimum absolute atomic E-state index is 0.118. The van der Waals surface area contributed by atoms with E-state index in [1.807, 2.05) is 13.0 Å². The maximum atomic E-state index is 12.0. The van der Waals surface area contributed by atoms with Gasteiger partial charge < -0.3 is 10.1 Å². The zero-order valence-corrected chi connectivity index (χ0v) is 13.4. The van der Waals surface area contributed by atoms with Crippen LogP contribution in [0.15, 0.2) is 12.1 Å². The molecule has 0 amide bonds. The minimum atomic E-state index is -0.332. The van der Waals surface area contributed by atoms with E-state index >= 15 is 0 Å². The van der Waals surface area contributed by atoms with Crippen molar-refractivity contribution in [1.82, 2.24) is 5.32 Å². The van der Waals surface area contributed by atoms with Crippen LogP contribution in [0.3, 0.4) is 0 Å². The fourth-order valence-electron chi connectivity index (χ4n) is 1.73. The smallest absolute Gasteiger partial charge is 0.328 e. The average molecular weight is 283 g/mol. The van der Waals surface area contributed by atoms with Crippen LogP contribution in [0.4, 0.5) is 0 Å². The number of ether oxygens (including phenoxy) is 1. The molecule has 0 saturated carbocycles. The van der Waals surface area contributed by atoms with Gasteiger partial charge in [-0.15, -0.1) is 11.3 Å². The zero-order valence-electron chi connectivity index (χ0n) is 12.6. The summed E-state index contributed by atoms with van der Waals surface area (Å²) in [6.45, 7) is 11.7. The molecule has 108 valence electrons. The second-order valence-corrected chi connectivity index (χ2v) is 6.71. The molecule has 1 unspecified atom stereocenters. The third-order valence-corrected chi connectivity index (χ3v) is 4.35. The van der Waals surface area contributed by atoms with Crippen LogP contribution in [0.25, 0.3) is 0 Å². The highest BCUT2D eigenvalue weighted by atomic mass is 32.1. The number of rotatable bonds is 6. The van der Waals surface area contributed by atoms with Gasteiger partial charge >= 0.3 is 5.97 Å². The van der Waals surface area contributed by atoms with E-state index in [2.05, 4.69) is 39.1 Å². The first-order valence-electron chi connectivity index (χ1n) is 6.90. The lowest BCUT2D eigenvalue weighted by Crippen LogP contribution is -2.30. The first kappa shape index (κ1) is 16.2. The van der Waals surface area contributed by atoms with E-state index in [0.29, 0.717) is 6.61 Å². The molecule has 3 nitrogen and oxygen atoms in total. The number of nitrogens with one attached hydrogen (secondary N) is 1. The summed E-state index contributed by atoms with van der Waals surface area (Å²) in [4.78, 5) is 14.4. The van der Waals surface area contributed by atoms with E-state index in [1.165, 1.54) is 4.88 Å². The maximum Gasteiger partial charge on any atom is 0.328 e. The summed E-state index contributed by atoms with van der Waals surface area (Å²) in [6.07, 6.45) is 0.993. The molecule has 1 aromatic rings. The number of thiophene rings is 1. The van der Waals surface area contributed by atoms with Crippen LogP contribution >= 0.6 is 11.3 Å². The van der Waals surface area contributed by atoms with Gasteiger partial charge in [0.05, 0.1) is 6.61 Å². The quantitative estimate of drug-likeness (QED) is 0.810. The lowest BCUT2D eigenvalue weighted by atomic mass is 9.95. The van der Waals surface area contributed by atoms with Gasteiger partial charge in [-0.25, -0.2) is 4.79 Å². The molecule has 1 atom stereocenters. The lowest BCUT2D eigenvalue weighted by Gasteiger charge is -2.17. The Morgan fingerprint density at radius 3 is 2.53 bits per heavy atom. The highest BCUT2D eigenvalue weighted by Crippen LogP contribution is 2.32. The second-order valence-electron chi connectivity index (χ2n) is 5.59. The van der Waals surface area contributed by atoms with Gasteiger partial charge in [-0.3, -0.25) is 0 Å². The van der Waals surface area contributed by atoms with E-state index in [1.54, 1.807) is 11.3 Å². The van der Waals surface area contributed by atoms with Crippen LogP contribution in [0.2, 0.25) is 0 Å². The number of hydrogen-bond donors (Lipinski definition) is 1. The molecule has 0 aliphatic rings. The van der Waals surface area contributed by atoms with E-state index < -0.39 is 0 Å². The molecular formula is C15H25NO2S. The van der Waals surface area contributed by atoms with Crippen molar-refractivity contribution in [2.75, 3.05) is 13.2 Å². The van der Waals surface area contributed by atoms with Gasteiger partial charge in [-0.2, -0.15) is 0 Å². The van der Waals surface area contributed by atoms with E-state index in [0.717, 1.165) is 17.8 Å². The Morgan fingerprint density at radius 2 is 2.05 bits per heavy atom. The predicted octanol–water partition coefficient (Wildman–Crippen LogP) is 3.65. The molecule has 1 aromatic heterocycles. The summed E-state index contributed by atoms with van der Waals surface area (Å²) in [7, 11) is 0. The van der Waals surface area contributed by atoms with Crippen molar-refractivity contribution in [1.29, 1.82) is 0 Å².